The molecule has 1 saturated heterocycles. The number of esters is 1. The van der Waals surface area contributed by atoms with Gasteiger partial charge in [0.05, 0.1) is 11.7 Å². The third-order valence-electron chi connectivity index (χ3n) is 4.18. The highest BCUT2D eigenvalue weighted by molar-refractivity contribution is 7.99. The number of amides is 2. The van der Waals surface area contributed by atoms with Crippen molar-refractivity contribution in [3.05, 3.63) is 65.7 Å². The lowest BCUT2D eigenvalue weighted by molar-refractivity contribution is -0.123. The normalized spacial score (nSPS) is 15.8. The molecule has 146 valence electrons. The molecule has 1 atom stereocenters. The highest BCUT2D eigenvalue weighted by atomic mass is 32.2. The molecule has 1 aliphatic heterocycles. The molecule has 0 aliphatic carbocycles. The Morgan fingerprint density at radius 1 is 1.07 bits per heavy atom. The molecule has 1 unspecified atom stereocenters. The lowest BCUT2D eigenvalue weighted by Gasteiger charge is -2.12. The van der Waals surface area contributed by atoms with E-state index in [1.165, 1.54) is 11.8 Å². The monoisotopic (exact) mass is 399 g/mol. The molecule has 28 heavy (non-hydrogen) atoms. The number of ether oxygens (including phenoxy) is 2. The van der Waals surface area contributed by atoms with Gasteiger partial charge in [0.25, 0.3) is 11.8 Å². The molecule has 1 fully saturated rings. The Morgan fingerprint density at radius 3 is 2.57 bits per heavy atom. The Kier molecular flexibility index (Phi) is 7.22. The molecule has 0 bridgehead atoms. The Labute approximate surface area is 167 Å². The first-order valence-corrected chi connectivity index (χ1v) is 10.0. The molecule has 3 rings (SSSR count). The molecule has 7 heteroatoms. The van der Waals surface area contributed by atoms with Crippen LogP contribution in [0.5, 0.6) is 0 Å². The van der Waals surface area contributed by atoms with E-state index in [0.717, 1.165) is 30.1 Å². The maximum atomic E-state index is 12.4. The predicted molar refractivity (Wildman–Crippen MR) is 105 cm³/mol. The van der Waals surface area contributed by atoms with Gasteiger partial charge in [0.15, 0.2) is 6.61 Å². The number of rotatable bonds is 7. The number of benzene rings is 2. The van der Waals surface area contributed by atoms with Crippen molar-refractivity contribution in [2.75, 3.05) is 19.0 Å². The summed E-state index contributed by atoms with van der Waals surface area (Å²) in [6, 6.07) is 15.4. The zero-order valence-electron chi connectivity index (χ0n) is 15.3. The quantitative estimate of drug-likeness (QED) is 0.569. The molecule has 2 aromatic rings. The summed E-state index contributed by atoms with van der Waals surface area (Å²) in [6.07, 6.45) is 2.28. The van der Waals surface area contributed by atoms with Crippen molar-refractivity contribution >= 4 is 29.5 Å². The summed E-state index contributed by atoms with van der Waals surface area (Å²) >= 11 is 1.53. The Bertz CT molecular complexity index is 834. The van der Waals surface area contributed by atoms with Gasteiger partial charge < -0.3 is 9.47 Å². The molecular formula is C21H21NO5S. The second kappa shape index (κ2) is 10.1. The largest absolute Gasteiger partial charge is 0.452 e. The molecule has 2 amide bonds. The third kappa shape index (κ3) is 5.68. The number of nitrogens with one attached hydrogen (secondary N) is 1. The number of hydrogen-bond donors (Lipinski definition) is 1. The van der Waals surface area contributed by atoms with Crippen LogP contribution in [0.15, 0.2) is 59.5 Å². The fourth-order valence-corrected chi connectivity index (χ4v) is 3.86. The smallest absolute Gasteiger partial charge is 0.339 e. The maximum Gasteiger partial charge on any atom is 0.339 e. The Balaban J connectivity index is 1.51. The van der Waals surface area contributed by atoms with Gasteiger partial charge in [0, 0.05) is 22.8 Å². The van der Waals surface area contributed by atoms with Crippen LogP contribution in [-0.2, 0) is 14.3 Å². The Hall–Kier alpha value is -2.64. The molecule has 1 heterocycles. The molecular weight excluding hydrogens is 378 g/mol. The molecule has 1 N–H and O–H groups in total. The zero-order valence-corrected chi connectivity index (χ0v) is 16.1. The van der Waals surface area contributed by atoms with Crippen molar-refractivity contribution in [2.45, 2.75) is 23.8 Å². The van der Waals surface area contributed by atoms with Gasteiger partial charge in [-0.25, -0.2) is 4.79 Å². The van der Waals surface area contributed by atoms with Crippen molar-refractivity contribution in [3.63, 3.8) is 0 Å². The van der Waals surface area contributed by atoms with Crippen molar-refractivity contribution in [1.82, 2.24) is 5.32 Å². The fraction of sp³-hybridized carbons (Fsp3) is 0.286. The fourth-order valence-electron chi connectivity index (χ4n) is 2.75. The van der Waals surface area contributed by atoms with Crippen molar-refractivity contribution in [2.24, 2.45) is 0 Å². The van der Waals surface area contributed by atoms with E-state index < -0.39 is 24.4 Å². The molecule has 1 aliphatic rings. The van der Waals surface area contributed by atoms with Crippen LogP contribution < -0.4 is 5.32 Å². The van der Waals surface area contributed by atoms with E-state index in [1.807, 2.05) is 12.1 Å². The van der Waals surface area contributed by atoms with Gasteiger partial charge in [-0.1, -0.05) is 30.3 Å². The van der Waals surface area contributed by atoms with Crippen molar-refractivity contribution in [3.8, 4) is 0 Å². The van der Waals surface area contributed by atoms with Crippen LogP contribution >= 0.6 is 11.8 Å². The minimum atomic E-state index is -0.674. The summed E-state index contributed by atoms with van der Waals surface area (Å²) in [5.74, 6) is -1.05. The van der Waals surface area contributed by atoms with Crippen molar-refractivity contribution < 1.29 is 23.9 Å². The first-order valence-electron chi connectivity index (χ1n) is 9.03. The number of imide groups is 1. The van der Waals surface area contributed by atoms with Crippen LogP contribution in [0.25, 0.3) is 0 Å². The maximum absolute atomic E-state index is 12.4. The third-order valence-corrected chi connectivity index (χ3v) is 5.38. The summed E-state index contributed by atoms with van der Waals surface area (Å²) < 4.78 is 10.7. The minimum Gasteiger partial charge on any atom is -0.452 e. The summed E-state index contributed by atoms with van der Waals surface area (Å²) in [7, 11) is 0. The highest BCUT2D eigenvalue weighted by Gasteiger charge is 2.19. The molecule has 0 radical (unpaired) electrons. The SMILES string of the molecule is O=C(COC(=O)c1ccccc1SCC1CCCO1)NC(=O)c1ccccc1. The van der Waals surface area contributed by atoms with E-state index in [1.54, 1.807) is 42.5 Å². The lowest BCUT2D eigenvalue weighted by atomic mass is 10.2. The van der Waals surface area contributed by atoms with E-state index in [2.05, 4.69) is 5.32 Å². The number of carbonyl (C=O) groups is 3. The number of hydrogen-bond acceptors (Lipinski definition) is 6. The number of thioether (sulfide) groups is 1. The second-order valence-electron chi connectivity index (χ2n) is 6.26. The van der Waals surface area contributed by atoms with Crippen LogP contribution in [0, 0.1) is 0 Å². The first kappa shape index (κ1) is 20.1. The summed E-state index contributed by atoms with van der Waals surface area (Å²) in [5.41, 5.74) is 0.755. The van der Waals surface area contributed by atoms with Crippen LogP contribution in [0.4, 0.5) is 0 Å². The average molecular weight is 399 g/mol. The zero-order chi connectivity index (χ0) is 19.8. The predicted octanol–water partition coefficient (Wildman–Crippen LogP) is 3.07. The standard InChI is InChI=1S/C21H21NO5S/c23-19(22-20(24)15-7-2-1-3-8-15)13-27-21(25)17-10-4-5-11-18(17)28-14-16-9-6-12-26-16/h1-5,7-8,10-11,16H,6,9,12-14H2,(H,22,23,24). The van der Waals surface area contributed by atoms with Gasteiger partial charge >= 0.3 is 5.97 Å². The summed E-state index contributed by atoms with van der Waals surface area (Å²) in [5, 5.41) is 2.20. The Morgan fingerprint density at radius 2 is 1.82 bits per heavy atom. The van der Waals surface area contributed by atoms with E-state index >= 15 is 0 Å². The van der Waals surface area contributed by atoms with Crippen LogP contribution in [0.2, 0.25) is 0 Å². The van der Waals surface area contributed by atoms with Gasteiger partial charge in [0.2, 0.25) is 0 Å². The molecule has 0 aromatic heterocycles. The van der Waals surface area contributed by atoms with Gasteiger partial charge in [-0.15, -0.1) is 11.8 Å². The van der Waals surface area contributed by atoms with E-state index in [9.17, 15) is 14.4 Å². The molecule has 6 nitrogen and oxygen atoms in total. The molecule has 0 saturated carbocycles. The van der Waals surface area contributed by atoms with Gasteiger partial charge in [-0.2, -0.15) is 0 Å². The van der Waals surface area contributed by atoms with Crippen LogP contribution in [0.1, 0.15) is 33.6 Å². The highest BCUT2D eigenvalue weighted by Crippen LogP contribution is 2.27. The van der Waals surface area contributed by atoms with E-state index in [0.29, 0.717) is 11.1 Å². The number of carbonyl (C=O) groups excluding carboxylic acids is 3. The second-order valence-corrected chi connectivity index (χ2v) is 7.32. The summed E-state index contributed by atoms with van der Waals surface area (Å²) in [6.45, 7) is 0.258. The topological polar surface area (TPSA) is 81.7 Å². The van der Waals surface area contributed by atoms with Gasteiger partial charge in [-0.05, 0) is 37.1 Å². The van der Waals surface area contributed by atoms with E-state index in [-0.39, 0.29) is 6.10 Å². The lowest BCUT2D eigenvalue weighted by Crippen LogP contribution is -2.34. The summed E-state index contributed by atoms with van der Waals surface area (Å²) in [4.78, 5) is 37.0. The average Bonchev–Trinajstić information content (AvgIpc) is 3.25. The van der Waals surface area contributed by atoms with Crippen molar-refractivity contribution in [1.29, 1.82) is 0 Å². The van der Waals surface area contributed by atoms with E-state index in [4.69, 9.17) is 9.47 Å². The van der Waals surface area contributed by atoms with Gasteiger partial charge in [0.1, 0.15) is 0 Å². The van der Waals surface area contributed by atoms with Crippen LogP contribution in [-0.4, -0.2) is 42.9 Å². The first-order chi connectivity index (χ1) is 13.6. The molecule has 0 spiro atoms. The minimum absolute atomic E-state index is 0.198. The van der Waals surface area contributed by atoms with Gasteiger partial charge in [-0.3, -0.25) is 14.9 Å². The molecule has 2 aromatic carbocycles. The van der Waals surface area contributed by atoms with Crippen LogP contribution in [0.3, 0.4) is 0 Å².